The molecule has 9 heteroatoms. The molecule has 152 valence electrons. The second-order valence-electron chi connectivity index (χ2n) is 5.75. The Morgan fingerprint density at radius 2 is 1.83 bits per heavy atom. The van der Waals surface area contributed by atoms with Crippen molar-refractivity contribution in [2.75, 3.05) is 7.11 Å². The van der Waals surface area contributed by atoms with E-state index in [1.54, 1.807) is 24.3 Å². The molecule has 8 nitrogen and oxygen atoms in total. The number of nitrogens with one attached hydrogen (secondary N) is 1. The zero-order chi connectivity index (χ0) is 21.4. The average molecular weight is 464 g/mol. The highest BCUT2D eigenvalue weighted by Gasteiger charge is 2.29. The quantitative estimate of drug-likeness (QED) is 0.537. The number of rotatable bonds is 7. The third kappa shape index (κ3) is 6.44. The van der Waals surface area contributed by atoms with Crippen LogP contribution in [-0.2, 0) is 14.3 Å². The summed E-state index contributed by atoms with van der Waals surface area (Å²) in [5.74, 6) is -2.11. The molecule has 2 rings (SSSR count). The molecule has 2 atom stereocenters. The van der Waals surface area contributed by atoms with Gasteiger partial charge in [0, 0.05) is 28.8 Å². The van der Waals surface area contributed by atoms with Gasteiger partial charge in [0.1, 0.15) is 11.9 Å². The summed E-state index contributed by atoms with van der Waals surface area (Å²) < 4.78 is 11.1. The number of phenolic OH excluding ortho intramolecular Hbond substituents is 1. The lowest BCUT2D eigenvalue weighted by atomic mass is 10.0. The molecule has 0 heterocycles. The van der Waals surface area contributed by atoms with E-state index in [2.05, 4.69) is 21.2 Å². The number of benzene rings is 2. The van der Waals surface area contributed by atoms with E-state index in [9.17, 15) is 19.5 Å². The van der Waals surface area contributed by atoms with Crippen molar-refractivity contribution in [3.8, 4) is 5.75 Å². The lowest BCUT2D eigenvalue weighted by Crippen LogP contribution is -2.34. The standard InChI is InChI=1S/C20H18BrNO7/c1-28-16(9-10-17(24)25)18(14-11-13(21)7-8-15(14)23)29-20(27)22-19(26)12-5-3-2-4-6-12/h2-11,16,18,23H,1H3,(H,24,25)(H,22,26,27)/b10-9+/t16-,18-/m0/s1. The van der Waals surface area contributed by atoms with E-state index in [0.29, 0.717) is 4.47 Å². The van der Waals surface area contributed by atoms with Gasteiger partial charge in [-0.1, -0.05) is 34.1 Å². The van der Waals surface area contributed by atoms with Crippen molar-refractivity contribution >= 4 is 33.9 Å². The number of phenols is 1. The Kier molecular flexibility index (Phi) is 7.93. The summed E-state index contributed by atoms with van der Waals surface area (Å²) in [6, 6.07) is 12.5. The maximum atomic E-state index is 12.3. The van der Waals surface area contributed by atoms with E-state index in [0.717, 1.165) is 6.08 Å². The van der Waals surface area contributed by atoms with E-state index in [4.69, 9.17) is 14.6 Å². The molecule has 0 aliphatic rings. The maximum Gasteiger partial charge on any atom is 0.414 e. The summed E-state index contributed by atoms with van der Waals surface area (Å²) in [6.07, 6.45) is -1.39. The second kappa shape index (κ2) is 10.4. The summed E-state index contributed by atoms with van der Waals surface area (Å²) in [5, 5.41) is 21.2. The molecule has 2 aromatic rings. The molecular formula is C20H18BrNO7. The fourth-order valence-electron chi connectivity index (χ4n) is 2.44. The molecule has 0 bridgehead atoms. The van der Waals surface area contributed by atoms with E-state index in [1.807, 2.05) is 0 Å². The predicted molar refractivity (Wildman–Crippen MR) is 107 cm³/mol. The van der Waals surface area contributed by atoms with Gasteiger partial charge in [-0.05, 0) is 36.4 Å². The zero-order valence-electron chi connectivity index (χ0n) is 15.2. The van der Waals surface area contributed by atoms with Crippen LogP contribution >= 0.6 is 15.9 Å². The van der Waals surface area contributed by atoms with Gasteiger partial charge in [0.25, 0.3) is 5.91 Å². The molecule has 3 N–H and O–H groups in total. The number of aliphatic carboxylic acids is 1. The van der Waals surface area contributed by atoms with Gasteiger partial charge in [0.05, 0.1) is 0 Å². The normalized spacial score (nSPS) is 12.9. The van der Waals surface area contributed by atoms with Crippen molar-refractivity contribution in [3.63, 3.8) is 0 Å². The largest absolute Gasteiger partial charge is 0.508 e. The lowest BCUT2D eigenvalue weighted by Gasteiger charge is -2.25. The molecule has 2 amide bonds. The highest BCUT2D eigenvalue weighted by Crippen LogP contribution is 2.33. The topological polar surface area (TPSA) is 122 Å². The fraction of sp³-hybridized carbons (Fsp3) is 0.150. The van der Waals surface area contributed by atoms with Crippen LogP contribution in [0.5, 0.6) is 5.75 Å². The Bertz CT molecular complexity index is 914. The predicted octanol–water partition coefficient (Wildman–Crippen LogP) is 3.42. The maximum absolute atomic E-state index is 12.3. The number of methoxy groups -OCH3 is 1. The van der Waals surface area contributed by atoms with Gasteiger partial charge in [0.2, 0.25) is 0 Å². The zero-order valence-corrected chi connectivity index (χ0v) is 16.8. The summed E-state index contributed by atoms with van der Waals surface area (Å²) in [5.41, 5.74) is 0.406. The summed E-state index contributed by atoms with van der Waals surface area (Å²) in [6.45, 7) is 0. The molecule has 0 saturated heterocycles. The number of carboxylic acid groups (broad SMARTS) is 1. The third-order valence-corrected chi connectivity index (χ3v) is 4.27. The van der Waals surface area contributed by atoms with Crippen molar-refractivity contribution < 1.29 is 34.1 Å². The minimum absolute atomic E-state index is 0.156. The van der Waals surface area contributed by atoms with Crippen molar-refractivity contribution in [3.05, 3.63) is 76.3 Å². The third-order valence-electron chi connectivity index (χ3n) is 3.78. The highest BCUT2D eigenvalue weighted by molar-refractivity contribution is 9.10. The van der Waals surface area contributed by atoms with Crippen LogP contribution in [-0.4, -0.2) is 41.4 Å². The summed E-state index contributed by atoms with van der Waals surface area (Å²) in [7, 11) is 1.29. The second-order valence-corrected chi connectivity index (χ2v) is 6.66. The van der Waals surface area contributed by atoms with Crippen LogP contribution in [0.2, 0.25) is 0 Å². The number of amides is 2. The Morgan fingerprint density at radius 1 is 1.14 bits per heavy atom. The van der Waals surface area contributed by atoms with Crippen LogP contribution in [0.1, 0.15) is 22.0 Å². The molecule has 0 fully saturated rings. The number of carbonyl (C=O) groups is 3. The van der Waals surface area contributed by atoms with Gasteiger partial charge in [-0.3, -0.25) is 10.1 Å². The van der Waals surface area contributed by atoms with Gasteiger partial charge in [-0.25, -0.2) is 9.59 Å². The molecule has 0 saturated carbocycles. The Morgan fingerprint density at radius 3 is 2.45 bits per heavy atom. The summed E-state index contributed by atoms with van der Waals surface area (Å²) >= 11 is 3.26. The van der Waals surface area contributed by atoms with Crippen LogP contribution in [0, 0.1) is 0 Å². The number of hydrogen-bond donors (Lipinski definition) is 3. The number of carbonyl (C=O) groups excluding carboxylic acids is 2. The molecule has 0 radical (unpaired) electrons. The molecule has 2 aromatic carbocycles. The van der Waals surface area contributed by atoms with Gasteiger partial charge >= 0.3 is 12.1 Å². The number of halogens is 1. The van der Waals surface area contributed by atoms with Crippen molar-refractivity contribution in [2.24, 2.45) is 0 Å². The van der Waals surface area contributed by atoms with Crippen LogP contribution in [0.15, 0.2) is 65.2 Å². The van der Waals surface area contributed by atoms with Crippen LogP contribution in [0.25, 0.3) is 0 Å². The Balaban J connectivity index is 2.29. The van der Waals surface area contributed by atoms with Crippen LogP contribution in [0.4, 0.5) is 4.79 Å². The van der Waals surface area contributed by atoms with E-state index >= 15 is 0 Å². The first-order valence-corrected chi connectivity index (χ1v) is 9.10. The number of aromatic hydroxyl groups is 1. The van der Waals surface area contributed by atoms with Crippen LogP contribution in [0.3, 0.4) is 0 Å². The molecule has 0 unspecified atom stereocenters. The smallest absolute Gasteiger partial charge is 0.414 e. The van der Waals surface area contributed by atoms with E-state index in [-0.39, 0.29) is 16.9 Å². The first-order chi connectivity index (χ1) is 13.8. The Labute approximate surface area is 174 Å². The van der Waals surface area contributed by atoms with Gasteiger partial charge < -0.3 is 19.7 Å². The minimum atomic E-state index is -1.24. The number of hydrogen-bond acceptors (Lipinski definition) is 6. The number of imide groups is 1. The average Bonchev–Trinajstić information content (AvgIpc) is 2.69. The Hall–Kier alpha value is -3.17. The lowest BCUT2D eigenvalue weighted by molar-refractivity contribution is -0.131. The summed E-state index contributed by atoms with van der Waals surface area (Å²) in [4.78, 5) is 35.3. The highest BCUT2D eigenvalue weighted by atomic mass is 79.9. The van der Waals surface area contributed by atoms with Crippen molar-refractivity contribution in [1.82, 2.24) is 5.32 Å². The van der Waals surface area contributed by atoms with E-state index in [1.165, 1.54) is 37.5 Å². The molecule has 0 aliphatic carbocycles. The van der Waals surface area contributed by atoms with Gasteiger partial charge in [0.15, 0.2) is 6.10 Å². The molecule has 0 spiro atoms. The van der Waals surface area contributed by atoms with Gasteiger partial charge in [-0.2, -0.15) is 0 Å². The monoisotopic (exact) mass is 463 g/mol. The van der Waals surface area contributed by atoms with E-state index < -0.39 is 30.2 Å². The molecule has 0 aromatic heterocycles. The molecule has 0 aliphatic heterocycles. The fourth-order valence-corrected chi connectivity index (χ4v) is 2.82. The first-order valence-electron chi connectivity index (χ1n) is 8.31. The molecule has 29 heavy (non-hydrogen) atoms. The number of carboxylic acids is 1. The SMILES string of the molecule is CO[C@@H](/C=C/C(=O)O)[C@@H](OC(=O)NC(=O)c1ccccc1)c1cc(Br)ccc1O. The van der Waals surface area contributed by atoms with Gasteiger partial charge in [-0.15, -0.1) is 0 Å². The number of ether oxygens (including phenoxy) is 2. The van der Waals surface area contributed by atoms with Crippen molar-refractivity contribution in [1.29, 1.82) is 0 Å². The first kappa shape index (κ1) is 22.1. The van der Waals surface area contributed by atoms with Crippen LogP contribution < -0.4 is 5.32 Å². The molecular weight excluding hydrogens is 446 g/mol. The minimum Gasteiger partial charge on any atom is -0.508 e. The van der Waals surface area contributed by atoms with Crippen molar-refractivity contribution in [2.45, 2.75) is 12.2 Å². The number of alkyl carbamates (subject to hydrolysis) is 1.